The number of nitrogens with zero attached hydrogens (tertiary/aromatic N) is 6. The quantitative estimate of drug-likeness (QED) is 0.586. The fraction of sp³-hybridized carbons (Fsp3) is 0.500. The van der Waals surface area contributed by atoms with Crippen LogP contribution in [0.15, 0.2) is 36.7 Å². The SMILES string of the molecule is Cc1ccc(-n2cc3cnnc(N4CCC(CCC(=O)NCCN(C)C)CC4)c3n2)cc1. The second-order valence-electron chi connectivity index (χ2n) is 9.00. The van der Waals surface area contributed by atoms with E-state index in [-0.39, 0.29) is 5.91 Å². The van der Waals surface area contributed by atoms with Gasteiger partial charge in [0.25, 0.3) is 0 Å². The maximum absolute atomic E-state index is 12.1. The molecule has 1 fully saturated rings. The summed E-state index contributed by atoms with van der Waals surface area (Å²) < 4.78 is 1.90. The Morgan fingerprint density at radius 3 is 2.66 bits per heavy atom. The van der Waals surface area contributed by atoms with E-state index in [1.54, 1.807) is 6.20 Å². The van der Waals surface area contributed by atoms with Gasteiger partial charge in [-0.15, -0.1) is 5.10 Å². The van der Waals surface area contributed by atoms with Crippen molar-refractivity contribution in [2.24, 2.45) is 5.92 Å². The third-order valence-electron chi connectivity index (χ3n) is 6.18. The minimum atomic E-state index is 0.159. The van der Waals surface area contributed by atoms with Crippen molar-refractivity contribution in [3.8, 4) is 5.69 Å². The van der Waals surface area contributed by atoms with Gasteiger partial charge in [-0.2, -0.15) is 10.2 Å². The number of aromatic nitrogens is 4. The number of hydrogen-bond acceptors (Lipinski definition) is 6. The van der Waals surface area contributed by atoms with Crippen molar-refractivity contribution < 1.29 is 4.79 Å². The zero-order valence-electron chi connectivity index (χ0n) is 19.3. The Kier molecular flexibility index (Phi) is 6.99. The van der Waals surface area contributed by atoms with E-state index in [0.29, 0.717) is 18.9 Å². The summed E-state index contributed by atoms with van der Waals surface area (Å²) in [4.78, 5) is 16.4. The van der Waals surface area contributed by atoms with Crippen molar-refractivity contribution in [1.29, 1.82) is 0 Å². The molecule has 0 spiro atoms. The average molecular weight is 436 g/mol. The van der Waals surface area contributed by atoms with Crippen molar-refractivity contribution >= 4 is 22.6 Å². The summed E-state index contributed by atoms with van der Waals surface area (Å²) in [6.07, 6.45) is 7.45. The molecule has 0 unspecified atom stereocenters. The monoisotopic (exact) mass is 435 g/mol. The van der Waals surface area contributed by atoms with E-state index < -0.39 is 0 Å². The average Bonchev–Trinajstić information content (AvgIpc) is 3.23. The molecule has 0 bridgehead atoms. The summed E-state index contributed by atoms with van der Waals surface area (Å²) in [5, 5.41) is 17.5. The van der Waals surface area contributed by atoms with Gasteiger partial charge in [-0.3, -0.25) is 4.79 Å². The highest BCUT2D eigenvalue weighted by molar-refractivity contribution is 5.87. The van der Waals surface area contributed by atoms with Crippen LogP contribution in [0, 0.1) is 12.8 Å². The molecule has 3 heterocycles. The zero-order valence-corrected chi connectivity index (χ0v) is 19.3. The molecule has 2 aromatic heterocycles. The number of benzene rings is 1. The number of hydrogen-bond donors (Lipinski definition) is 1. The number of fused-ring (bicyclic) bond motifs is 1. The third kappa shape index (κ3) is 5.43. The van der Waals surface area contributed by atoms with E-state index in [2.05, 4.69) is 56.5 Å². The topological polar surface area (TPSA) is 79.2 Å². The molecule has 0 atom stereocenters. The van der Waals surface area contributed by atoms with E-state index in [1.165, 1.54) is 5.56 Å². The molecule has 32 heavy (non-hydrogen) atoms. The highest BCUT2D eigenvalue weighted by Crippen LogP contribution is 2.29. The second-order valence-corrected chi connectivity index (χ2v) is 9.00. The summed E-state index contributed by atoms with van der Waals surface area (Å²) in [6, 6.07) is 8.33. The number of carbonyl (C=O) groups is 1. The number of aryl methyl sites for hydroxylation is 1. The van der Waals surface area contributed by atoms with Gasteiger partial charge in [-0.25, -0.2) is 4.68 Å². The van der Waals surface area contributed by atoms with Crippen molar-refractivity contribution in [3.05, 3.63) is 42.2 Å². The van der Waals surface area contributed by atoms with Gasteiger partial charge < -0.3 is 15.1 Å². The summed E-state index contributed by atoms with van der Waals surface area (Å²) in [7, 11) is 4.02. The summed E-state index contributed by atoms with van der Waals surface area (Å²) in [5.74, 6) is 1.59. The molecule has 8 nitrogen and oxygen atoms in total. The Bertz CT molecular complexity index is 1040. The van der Waals surface area contributed by atoms with Crippen LogP contribution in [0.1, 0.15) is 31.2 Å². The van der Waals surface area contributed by atoms with Crippen molar-refractivity contribution in [2.45, 2.75) is 32.6 Å². The van der Waals surface area contributed by atoms with E-state index in [1.807, 2.05) is 25.0 Å². The van der Waals surface area contributed by atoms with E-state index in [0.717, 1.165) is 61.3 Å². The molecule has 3 aromatic rings. The van der Waals surface area contributed by atoms with Crippen molar-refractivity contribution in [3.63, 3.8) is 0 Å². The van der Waals surface area contributed by atoms with Crippen molar-refractivity contribution in [2.75, 3.05) is 45.2 Å². The number of carbonyl (C=O) groups excluding carboxylic acids is 1. The normalized spacial score (nSPS) is 14.9. The maximum Gasteiger partial charge on any atom is 0.220 e. The molecule has 1 aliphatic heterocycles. The van der Waals surface area contributed by atoms with Crippen LogP contribution in [0.2, 0.25) is 0 Å². The molecule has 1 saturated heterocycles. The molecule has 1 N–H and O–H groups in total. The molecule has 170 valence electrons. The Hall–Kier alpha value is -3.00. The van der Waals surface area contributed by atoms with Gasteiger partial charge in [0.1, 0.15) is 5.52 Å². The van der Waals surface area contributed by atoms with Crippen LogP contribution in [-0.2, 0) is 4.79 Å². The lowest BCUT2D eigenvalue weighted by Gasteiger charge is -2.32. The Morgan fingerprint density at radius 2 is 1.94 bits per heavy atom. The lowest BCUT2D eigenvalue weighted by molar-refractivity contribution is -0.121. The fourth-order valence-corrected chi connectivity index (χ4v) is 4.17. The molecule has 1 amide bonds. The Labute approximate surface area is 189 Å². The molecular formula is C24H33N7O. The second kappa shape index (κ2) is 10.1. The van der Waals surface area contributed by atoms with Gasteiger partial charge in [-0.05, 0) is 58.3 Å². The standard InChI is InChI=1S/C24H33N7O/c1-18-4-7-21(8-5-18)31-17-20-16-26-27-24(23(20)28-31)30-13-10-19(11-14-30)6-9-22(32)25-12-15-29(2)3/h4-5,7-8,16-17,19H,6,9-15H2,1-3H3,(H,25,32). The lowest BCUT2D eigenvalue weighted by atomic mass is 9.92. The highest BCUT2D eigenvalue weighted by Gasteiger charge is 2.23. The van der Waals surface area contributed by atoms with Gasteiger partial charge in [0.15, 0.2) is 5.82 Å². The predicted octanol–water partition coefficient (Wildman–Crippen LogP) is 2.80. The molecule has 1 aliphatic rings. The number of piperidine rings is 1. The molecule has 4 rings (SSSR count). The first-order valence-corrected chi connectivity index (χ1v) is 11.4. The minimum absolute atomic E-state index is 0.159. The molecule has 0 aliphatic carbocycles. The van der Waals surface area contributed by atoms with Crippen LogP contribution in [-0.4, -0.2) is 71.1 Å². The molecular weight excluding hydrogens is 402 g/mol. The van der Waals surface area contributed by atoms with Crippen LogP contribution in [0.5, 0.6) is 0 Å². The molecule has 0 saturated carbocycles. The fourth-order valence-electron chi connectivity index (χ4n) is 4.17. The molecule has 8 heteroatoms. The third-order valence-corrected chi connectivity index (χ3v) is 6.18. The van der Waals surface area contributed by atoms with Gasteiger partial charge in [0.2, 0.25) is 5.91 Å². The number of likely N-dealkylation sites (N-methyl/N-ethyl adjacent to an activating group) is 1. The Morgan fingerprint density at radius 1 is 1.19 bits per heavy atom. The van der Waals surface area contributed by atoms with E-state index in [9.17, 15) is 4.79 Å². The first-order chi connectivity index (χ1) is 15.5. The summed E-state index contributed by atoms with van der Waals surface area (Å²) in [6.45, 7) is 5.49. The minimum Gasteiger partial charge on any atom is -0.355 e. The van der Waals surface area contributed by atoms with E-state index in [4.69, 9.17) is 5.10 Å². The molecule has 1 aromatic carbocycles. The maximum atomic E-state index is 12.1. The van der Waals surface area contributed by atoms with Crippen LogP contribution >= 0.6 is 0 Å². The zero-order chi connectivity index (χ0) is 22.5. The van der Waals surface area contributed by atoms with Crippen LogP contribution in [0.3, 0.4) is 0 Å². The largest absolute Gasteiger partial charge is 0.355 e. The number of nitrogens with one attached hydrogen (secondary N) is 1. The van der Waals surface area contributed by atoms with Gasteiger partial charge >= 0.3 is 0 Å². The van der Waals surface area contributed by atoms with Crippen molar-refractivity contribution in [1.82, 2.24) is 30.2 Å². The first-order valence-electron chi connectivity index (χ1n) is 11.4. The first kappa shape index (κ1) is 22.2. The lowest BCUT2D eigenvalue weighted by Crippen LogP contribution is -2.35. The van der Waals surface area contributed by atoms with Gasteiger partial charge in [-0.1, -0.05) is 17.7 Å². The van der Waals surface area contributed by atoms with E-state index >= 15 is 0 Å². The molecule has 0 radical (unpaired) electrons. The number of amides is 1. The number of rotatable bonds is 8. The van der Waals surface area contributed by atoms with Crippen LogP contribution in [0.4, 0.5) is 5.82 Å². The summed E-state index contributed by atoms with van der Waals surface area (Å²) in [5.41, 5.74) is 3.14. The smallest absolute Gasteiger partial charge is 0.220 e. The Balaban J connectivity index is 1.35. The van der Waals surface area contributed by atoms with Crippen LogP contribution < -0.4 is 10.2 Å². The van der Waals surface area contributed by atoms with Gasteiger partial charge in [0.05, 0.1) is 11.9 Å². The van der Waals surface area contributed by atoms with Gasteiger partial charge in [0, 0.05) is 44.2 Å². The van der Waals surface area contributed by atoms with Crippen LogP contribution in [0.25, 0.3) is 16.6 Å². The number of anilines is 1. The predicted molar refractivity (Wildman–Crippen MR) is 127 cm³/mol. The highest BCUT2D eigenvalue weighted by atomic mass is 16.1. The summed E-state index contributed by atoms with van der Waals surface area (Å²) >= 11 is 0.